The summed E-state index contributed by atoms with van der Waals surface area (Å²) in [6, 6.07) is 17.0. The van der Waals surface area contributed by atoms with Crippen LogP contribution in [-0.4, -0.2) is 24.0 Å². The quantitative estimate of drug-likeness (QED) is 0.433. The van der Waals surface area contributed by atoms with Gasteiger partial charge in [0, 0.05) is 16.0 Å². The molecule has 0 amide bonds. The summed E-state index contributed by atoms with van der Waals surface area (Å²) in [6.45, 7) is 6.99. The highest BCUT2D eigenvalue weighted by atomic mass is 127. The first-order valence-electron chi connectivity index (χ1n) is 8.68. The Balaban J connectivity index is 2.13. The Hall–Kier alpha value is -1.46. The maximum Gasteiger partial charge on any atom is 0.0848 e. The number of allylic oxidation sites excluding steroid dienone is 1. The van der Waals surface area contributed by atoms with Crippen molar-refractivity contribution in [1.82, 2.24) is 0 Å². The summed E-state index contributed by atoms with van der Waals surface area (Å²) in [7, 11) is 0. The number of aliphatic hydroxyl groups excluding tert-OH is 1. The zero-order chi connectivity index (χ0) is 18.2. The largest absolute Gasteiger partial charge is 0.390 e. The predicted molar refractivity (Wildman–Crippen MR) is 116 cm³/mol. The highest BCUT2D eigenvalue weighted by Crippen LogP contribution is 2.21. The summed E-state index contributed by atoms with van der Waals surface area (Å²) < 4.78 is 1.24. The molecule has 132 valence electrons. The van der Waals surface area contributed by atoms with Crippen LogP contribution in [0.15, 0.2) is 59.6 Å². The van der Waals surface area contributed by atoms with E-state index in [1.165, 1.54) is 14.7 Å². The van der Waals surface area contributed by atoms with Crippen molar-refractivity contribution in [1.29, 1.82) is 0 Å². The topological polar surface area (TPSA) is 32.6 Å². The van der Waals surface area contributed by atoms with E-state index in [1.54, 1.807) is 0 Å². The van der Waals surface area contributed by atoms with Gasteiger partial charge in [-0.05, 0) is 77.8 Å². The molecule has 25 heavy (non-hydrogen) atoms. The average Bonchev–Trinajstić information content (AvgIpc) is 2.63. The van der Waals surface area contributed by atoms with Gasteiger partial charge in [-0.25, -0.2) is 0 Å². The summed E-state index contributed by atoms with van der Waals surface area (Å²) in [5.41, 5.74) is 5.58. The third-order valence-electron chi connectivity index (χ3n) is 4.40. The van der Waals surface area contributed by atoms with E-state index in [-0.39, 0.29) is 6.61 Å². The minimum Gasteiger partial charge on any atom is -0.390 e. The molecule has 0 saturated carbocycles. The lowest BCUT2D eigenvalue weighted by molar-refractivity contribution is 0.357. The second kappa shape index (κ2) is 9.88. The second-order valence-corrected chi connectivity index (χ2v) is 7.59. The van der Waals surface area contributed by atoms with Crippen LogP contribution in [0.1, 0.15) is 42.9 Å². The van der Waals surface area contributed by atoms with Crippen LogP contribution in [0.25, 0.3) is 5.57 Å². The number of hydrogen-bond donors (Lipinski definition) is 1. The Morgan fingerprint density at radius 1 is 1.12 bits per heavy atom. The molecular formula is C22H26INO. The molecule has 2 aromatic rings. The number of aliphatic imine (C=N–C) groups is 1. The van der Waals surface area contributed by atoms with E-state index in [4.69, 9.17) is 0 Å². The first-order chi connectivity index (χ1) is 12.0. The molecule has 0 radical (unpaired) electrons. The number of halogens is 1. The molecule has 0 aliphatic heterocycles. The minimum atomic E-state index is -0.0354. The molecule has 0 aliphatic carbocycles. The molecule has 2 aromatic carbocycles. The van der Waals surface area contributed by atoms with E-state index in [0.29, 0.717) is 12.5 Å². The van der Waals surface area contributed by atoms with Crippen LogP contribution in [-0.2, 0) is 0 Å². The van der Waals surface area contributed by atoms with Crippen molar-refractivity contribution in [3.63, 3.8) is 0 Å². The van der Waals surface area contributed by atoms with Crippen molar-refractivity contribution in [2.75, 3.05) is 13.2 Å². The van der Waals surface area contributed by atoms with Gasteiger partial charge in [-0.15, -0.1) is 0 Å². The number of nitrogens with zero attached hydrogens (tertiary/aromatic N) is 1. The molecule has 0 spiro atoms. The van der Waals surface area contributed by atoms with E-state index in [2.05, 4.69) is 96.9 Å². The second-order valence-electron chi connectivity index (χ2n) is 6.34. The Morgan fingerprint density at radius 2 is 1.76 bits per heavy atom. The molecule has 0 aromatic heterocycles. The lowest BCUT2D eigenvalue weighted by Gasteiger charge is -2.13. The zero-order valence-corrected chi connectivity index (χ0v) is 17.3. The maximum atomic E-state index is 9.68. The van der Waals surface area contributed by atoms with Crippen molar-refractivity contribution < 1.29 is 5.11 Å². The number of aryl methyl sites for hydroxylation is 1. The standard InChI is InChI=1S/C22H26INO/c1-4-18(20-9-11-21(23)12-10-20)14-24-22(15-25)13-17(3)19-7-5-16(2)6-8-19/h5-13,18,25H,4,14-15H2,1-3H3/b17-13+,24-22?. The molecule has 0 aliphatic rings. The average molecular weight is 447 g/mol. The van der Waals surface area contributed by atoms with Crippen LogP contribution in [0.3, 0.4) is 0 Å². The SMILES string of the molecule is CCC(CN=C(/C=C(\C)c1ccc(C)cc1)CO)c1ccc(I)cc1. The molecule has 0 saturated heterocycles. The summed E-state index contributed by atoms with van der Waals surface area (Å²) in [5.74, 6) is 0.381. The van der Waals surface area contributed by atoms with Crippen LogP contribution in [0, 0.1) is 10.5 Å². The number of benzene rings is 2. The molecule has 0 fully saturated rings. The number of hydrogen-bond acceptors (Lipinski definition) is 2. The molecule has 2 rings (SSSR count). The van der Waals surface area contributed by atoms with E-state index >= 15 is 0 Å². The normalized spacial score (nSPS) is 13.8. The van der Waals surface area contributed by atoms with Crippen molar-refractivity contribution in [3.8, 4) is 0 Å². The fourth-order valence-corrected chi connectivity index (χ4v) is 3.08. The predicted octanol–water partition coefficient (Wildman–Crippen LogP) is 5.63. The molecule has 0 bridgehead atoms. The van der Waals surface area contributed by atoms with Crippen LogP contribution >= 0.6 is 22.6 Å². The van der Waals surface area contributed by atoms with Gasteiger partial charge in [-0.2, -0.15) is 0 Å². The fourth-order valence-electron chi connectivity index (χ4n) is 2.72. The molecular weight excluding hydrogens is 421 g/mol. The summed E-state index contributed by atoms with van der Waals surface area (Å²) in [6.07, 6.45) is 3.02. The van der Waals surface area contributed by atoms with Gasteiger partial charge in [0.25, 0.3) is 0 Å². The van der Waals surface area contributed by atoms with Crippen molar-refractivity contribution in [2.45, 2.75) is 33.1 Å². The summed E-state index contributed by atoms with van der Waals surface area (Å²) in [4.78, 5) is 4.68. The van der Waals surface area contributed by atoms with Crippen LogP contribution in [0.2, 0.25) is 0 Å². The lowest BCUT2D eigenvalue weighted by atomic mass is 9.96. The Labute approximate surface area is 164 Å². The highest BCUT2D eigenvalue weighted by Gasteiger charge is 2.09. The third kappa shape index (κ3) is 6.08. The van der Waals surface area contributed by atoms with Gasteiger partial charge in [0.05, 0.1) is 12.3 Å². The molecule has 0 heterocycles. The Morgan fingerprint density at radius 3 is 2.32 bits per heavy atom. The van der Waals surface area contributed by atoms with E-state index < -0.39 is 0 Å². The van der Waals surface area contributed by atoms with E-state index in [0.717, 1.165) is 23.3 Å². The van der Waals surface area contributed by atoms with Gasteiger partial charge in [0.1, 0.15) is 0 Å². The molecule has 1 N–H and O–H groups in total. The monoisotopic (exact) mass is 447 g/mol. The van der Waals surface area contributed by atoms with Crippen molar-refractivity contribution in [3.05, 3.63) is 74.9 Å². The van der Waals surface area contributed by atoms with E-state index in [9.17, 15) is 5.11 Å². The molecule has 3 heteroatoms. The van der Waals surface area contributed by atoms with Gasteiger partial charge in [0.2, 0.25) is 0 Å². The van der Waals surface area contributed by atoms with Crippen LogP contribution < -0.4 is 0 Å². The fraction of sp³-hybridized carbons (Fsp3) is 0.318. The summed E-state index contributed by atoms with van der Waals surface area (Å²) in [5, 5.41) is 9.68. The highest BCUT2D eigenvalue weighted by molar-refractivity contribution is 14.1. The van der Waals surface area contributed by atoms with Crippen LogP contribution in [0.5, 0.6) is 0 Å². The molecule has 1 unspecified atom stereocenters. The Kier molecular flexibility index (Phi) is 7.85. The van der Waals surface area contributed by atoms with Gasteiger partial charge in [-0.3, -0.25) is 4.99 Å². The number of aliphatic hydroxyl groups is 1. The first kappa shape index (κ1) is 19.9. The van der Waals surface area contributed by atoms with Gasteiger partial charge in [-0.1, -0.05) is 48.9 Å². The summed E-state index contributed by atoms with van der Waals surface area (Å²) >= 11 is 2.32. The van der Waals surface area contributed by atoms with Gasteiger partial charge < -0.3 is 5.11 Å². The van der Waals surface area contributed by atoms with Crippen molar-refractivity contribution in [2.24, 2.45) is 4.99 Å². The van der Waals surface area contributed by atoms with Gasteiger partial charge in [0.15, 0.2) is 0 Å². The third-order valence-corrected chi connectivity index (χ3v) is 5.12. The molecule has 1 atom stereocenters. The smallest absolute Gasteiger partial charge is 0.0848 e. The van der Waals surface area contributed by atoms with Crippen LogP contribution in [0.4, 0.5) is 0 Å². The minimum absolute atomic E-state index is 0.0354. The van der Waals surface area contributed by atoms with Gasteiger partial charge >= 0.3 is 0 Å². The van der Waals surface area contributed by atoms with E-state index in [1.807, 2.05) is 6.08 Å². The molecule has 2 nitrogen and oxygen atoms in total. The first-order valence-corrected chi connectivity index (χ1v) is 9.76. The lowest BCUT2D eigenvalue weighted by Crippen LogP contribution is -2.07. The number of rotatable bonds is 7. The zero-order valence-electron chi connectivity index (χ0n) is 15.2. The Bertz CT molecular complexity index is 730. The maximum absolute atomic E-state index is 9.68. The van der Waals surface area contributed by atoms with Crippen molar-refractivity contribution >= 4 is 33.9 Å².